The highest BCUT2D eigenvalue weighted by Gasteiger charge is 2.27. The molecule has 1 saturated heterocycles. The van der Waals surface area contributed by atoms with E-state index in [2.05, 4.69) is 11.8 Å². The normalized spacial score (nSPS) is 17.6. The molecule has 0 aromatic heterocycles. The minimum Gasteiger partial charge on any atom is -0.481 e. The van der Waals surface area contributed by atoms with Gasteiger partial charge < -0.3 is 14.5 Å². The number of halogens is 1. The zero-order chi connectivity index (χ0) is 15.2. The van der Waals surface area contributed by atoms with Crippen molar-refractivity contribution < 1.29 is 13.9 Å². The molecule has 0 radical (unpaired) electrons. The summed E-state index contributed by atoms with van der Waals surface area (Å²) in [5, 5.41) is 0. The summed E-state index contributed by atoms with van der Waals surface area (Å²) in [5.41, 5.74) is 0. The lowest BCUT2D eigenvalue weighted by Gasteiger charge is -2.35. The second-order valence-electron chi connectivity index (χ2n) is 5.23. The molecule has 0 N–H and O–H groups in total. The Balaban J connectivity index is 1.94. The molecule has 2 rings (SSSR count). The molecule has 5 heteroatoms. The quantitative estimate of drug-likeness (QED) is 0.834. The van der Waals surface area contributed by atoms with Gasteiger partial charge in [-0.2, -0.15) is 0 Å². The van der Waals surface area contributed by atoms with Gasteiger partial charge in [0.15, 0.2) is 6.10 Å². The molecule has 4 nitrogen and oxygen atoms in total. The van der Waals surface area contributed by atoms with Gasteiger partial charge in [-0.1, -0.05) is 13.8 Å². The highest BCUT2D eigenvalue weighted by Crippen LogP contribution is 2.16. The Morgan fingerprint density at radius 1 is 1.19 bits per heavy atom. The number of amides is 1. The van der Waals surface area contributed by atoms with Crippen LogP contribution in [0.2, 0.25) is 0 Å². The second kappa shape index (κ2) is 7.41. The van der Waals surface area contributed by atoms with Crippen molar-refractivity contribution in [2.45, 2.75) is 26.4 Å². The molecule has 21 heavy (non-hydrogen) atoms. The summed E-state index contributed by atoms with van der Waals surface area (Å²) in [5.74, 6) is 0.249. The van der Waals surface area contributed by atoms with Gasteiger partial charge in [0.05, 0.1) is 0 Å². The SMILES string of the molecule is CCC(Oc1ccc(F)cc1)C(=O)N1CCN(CC)CC1. The third-order valence-electron chi connectivity index (χ3n) is 3.87. The highest BCUT2D eigenvalue weighted by molar-refractivity contribution is 5.81. The number of carbonyl (C=O) groups is 1. The fraction of sp³-hybridized carbons (Fsp3) is 0.562. The summed E-state index contributed by atoms with van der Waals surface area (Å²) in [6.07, 6.45) is 0.105. The van der Waals surface area contributed by atoms with Crippen molar-refractivity contribution in [1.82, 2.24) is 9.80 Å². The number of likely N-dealkylation sites (N-methyl/N-ethyl adjacent to an activating group) is 1. The average molecular weight is 294 g/mol. The standard InChI is InChI=1S/C16H23FN2O2/c1-3-15(21-14-7-5-13(17)6-8-14)16(20)19-11-9-18(4-2)10-12-19/h5-8,15H,3-4,9-12H2,1-2H3. The predicted molar refractivity (Wildman–Crippen MR) is 79.8 cm³/mol. The molecule has 1 atom stereocenters. The van der Waals surface area contributed by atoms with E-state index in [1.165, 1.54) is 12.1 Å². The van der Waals surface area contributed by atoms with Crippen LogP contribution in [0.15, 0.2) is 24.3 Å². The Kier molecular flexibility index (Phi) is 5.56. The van der Waals surface area contributed by atoms with Crippen molar-refractivity contribution in [3.63, 3.8) is 0 Å². The minimum absolute atomic E-state index is 0.0255. The van der Waals surface area contributed by atoms with Crippen molar-refractivity contribution >= 4 is 5.91 Å². The van der Waals surface area contributed by atoms with Gasteiger partial charge >= 0.3 is 0 Å². The van der Waals surface area contributed by atoms with Crippen LogP contribution in [0.5, 0.6) is 5.75 Å². The minimum atomic E-state index is -0.497. The van der Waals surface area contributed by atoms with Crippen LogP contribution in [0.1, 0.15) is 20.3 Å². The largest absolute Gasteiger partial charge is 0.481 e. The zero-order valence-electron chi connectivity index (χ0n) is 12.7. The van der Waals surface area contributed by atoms with Gasteiger partial charge in [-0.05, 0) is 37.2 Å². The van der Waals surface area contributed by atoms with Crippen molar-refractivity contribution in [3.8, 4) is 5.75 Å². The molecular formula is C16H23FN2O2. The number of piperazine rings is 1. The van der Waals surface area contributed by atoms with Crippen molar-refractivity contribution in [2.75, 3.05) is 32.7 Å². The molecule has 0 saturated carbocycles. The van der Waals surface area contributed by atoms with Gasteiger partial charge in [0, 0.05) is 26.2 Å². The first kappa shape index (κ1) is 15.8. The Labute approximate surface area is 125 Å². The molecule has 0 spiro atoms. The fourth-order valence-corrected chi connectivity index (χ4v) is 2.47. The molecule has 1 amide bonds. The topological polar surface area (TPSA) is 32.8 Å². The van der Waals surface area contributed by atoms with E-state index in [9.17, 15) is 9.18 Å². The van der Waals surface area contributed by atoms with Crippen LogP contribution in [0, 0.1) is 5.82 Å². The van der Waals surface area contributed by atoms with Crippen LogP contribution in [0.25, 0.3) is 0 Å². The lowest BCUT2D eigenvalue weighted by Crippen LogP contribution is -2.52. The van der Waals surface area contributed by atoms with Gasteiger partial charge in [0.25, 0.3) is 5.91 Å². The van der Waals surface area contributed by atoms with Crippen LogP contribution in [-0.2, 0) is 4.79 Å². The number of nitrogens with zero attached hydrogens (tertiary/aromatic N) is 2. The molecule has 116 valence electrons. The Morgan fingerprint density at radius 2 is 1.81 bits per heavy atom. The average Bonchev–Trinajstić information content (AvgIpc) is 2.54. The van der Waals surface area contributed by atoms with E-state index < -0.39 is 6.10 Å². The van der Waals surface area contributed by atoms with Crippen molar-refractivity contribution in [1.29, 1.82) is 0 Å². The molecule has 1 heterocycles. The van der Waals surface area contributed by atoms with Crippen LogP contribution >= 0.6 is 0 Å². The molecule has 1 aliphatic rings. The summed E-state index contributed by atoms with van der Waals surface area (Å²) in [6.45, 7) is 8.39. The maximum Gasteiger partial charge on any atom is 0.263 e. The second-order valence-corrected chi connectivity index (χ2v) is 5.23. The number of hydrogen-bond donors (Lipinski definition) is 0. The van der Waals surface area contributed by atoms with E-state index in [0.29, 0.717) is 12.2 Å². The van der Waals surface area contributed by atoms with Gasteiger partial charge in [0.2, 0.25) is 0 Å². The molecule has 1 fully saturated rings. The van der Waals surface area contributed by atoms with Gasteiger partial charge in [-0.25, -0.2) is 4.39 Å². The van der Waals surface area contributed by atoms with Gasteiger partial charge in [0.1, 0.15) is 11.6 Å². The maximum absolute atomic E-state index is 12.9. The van der Waals surface area contributed by atoms with Crippen LogP contribution < -0.4 is 4.74 Å². The summed E-state index contributed by atoms with van der Waals surface area (Å²) >= 11 is 0. The summed E-state index contributed by atoms with van der Waals surface area (Å²) in [4.78, 5) is 16.7. The molecule has 0 bridgehead atoms. The van der Waals surface area contributed by atoms with E-state index in [1.54, 1.807) is 12.1 Å². The Bertz CT molecular complexity index is 456. The molecule has 1 aliphatic heterocycles. The van der Waals surface area contributed by atoms with E-state index in [0.717, 1.165) is 32.7 Å². The third kappa shape index (κ3) is 4.17. The summed E-state index contributed by atoms with van der Waals surface area (Å²) in [6, 6.07) is 5.79. The maximum atomic E-state index is 12.9. The number of rotatable bonds is 5. The van der Waals surface area contributed by atoms with Crippen molar-refractivity contribution in [2.24, 2.45) is 0 Å². The first-order chi connectivity index (χ1) is 10.1. The van der Waals surface area contributed by atoms with Gasteiger partial charge in [-0.3, -0.25) is 4.79 Å². The lowest BCUT2D eigenvalue weighted by atomic mass is 10.2. The highest BCUT2D eigenvalue weighted by atomic mass is 19.1. The molecular weight excluding hydrogens is 271 g/mol. The van der Waals surface area contributed by atoms with Crippen LogP contribution in [0.3, 0.4) is 0 Å². The summed E-state index contributed by atoms with van der Waals surface area (Å²) < 4.78 is 18.6. The van der Waals surface area contributed by atoms with E-state index in [-0.39, 0.29) is 11.7 Å². The number of carbonyl (C=O) groups excluding carboxylic acids is 1. The van der Waals surface area contributed by atoms with Crippen LogP contribution in [-0.4, -0.2) is 54.5 Å². The molecule has 1 unspecified atom stereocenters. The number of benzene rings is 1. The van der Waals surface area contributed by atoms with Crippen LogP contribution in [0.4, 0.5) is 4.39 Å². The Hall–Kier alpha value is -1.62. The number of hydrogen-bond acceptors (Lipinski definition) is 3. The van der Waals surface area contributed by atoms with Crippen molar-refractivity contribution in [3.05, 3.63) is 30.1 Å². The first-order valence-electron chi connectivity index (χ1n) is 7.57. The Morgan fingerprint density at radius 3 is 2.33 bits per heavy atom. The fourth-order valence-electron chi connectivity index (χ4n) is 2.47. The molecule has 0 aliphatic carbocycles. The first-order valence-corrected chi connectivity index (χ1v) is 7.57. The molecule has 1 aromatic carbocycles. The van der Waals surface area contributed by atoms with Gasteiger partial charge in [-0.15, -0.1) is 0 Å². The summed E-state index contributed by atoms with van der Waals surface area (Å²) in [7, 11) is 0. The predicted octanol–water partition coefficient (Wildman–Crippen LogP) is 2.15. The lowest BCUT2D eigenvalue weighted by molar-refractivity contribution is -0.140. The number of ether oxygens (including phenoxy) is 1. The van der Waals surface area contributed by atoms with E-state index >= 15 is 0 Å². The van der Waals surface area contributed by atoms with E-state index in [4.69, 9.17) is 4.74 Å². The van der Waals surface area contributed by atoms with E-state index in [1.807, 2.05) is 11.8 Å². The monoisotopic (exact) mass is 294 g/mol. The molecule has 1 aromatic rings. The third-order valence-corrected chi connectivity index (χ3v) is 3.87. The zero-order valence-corrected chi connectivity index (χ0v) is 12.7. The smallest absolute Gasteiger partial charge is 0.263 e.